The van der Waals surface area contributed by atoms with E-state index in [1.165, 1.54) is 44.0 Å². The van der Waals surface area contributed by atoms with E-state index in [1.807, 2.05) is 18.3 Å². The maximum absolute atomic E-state index is 6.78. The summed E-state index contributed by atoms with van der Waals surface area (Å²) >= 11 is 0. The Balaban J connectivity index is 0.00000578. The molecule has 0 atom stereocenters. The third-order valence-electron chi connectivity index (χ3n) is 13.3. The van der Waals surface area contributed by atoms with Crippen LogP contribution in [0, 0.1) is 18.8 Å². The molecule has 2 aromatic heterocycles. The van der Waals surface area contributed by atoms with Crippen molar-refractivity contribution in [1.82, 2.24) is 9.55 Å². The van der Waals surface area contributed by atoms with E-state index >= 15 is 0 Å². The quantitative estimate of drug-likeness (QED) is 0.155. The maximum atomic E-state index is 6.78. The van der Waals surface area contributed by atoms with Crippen molar-refractivity contribution in [2.75, 3.05) is 9.80 Å². The Bertz CT molecular complexity index is 3330. The minimum absolute atomic E-state index is 0. The fraction of sp³-hybridized carbons (Fsp3) is 0.258. The van der Waals surface area contributed by atoms with Gasteiger partial charge in [0.25, 0.3) is 0 Å². The Hall–Kier alpha value is -6.16. The van der Waals surface area contributed by atoms with Crippen LogP contribution in [-0.2, 0) is 42.7 Å². The number of ether oxygens (including phenoxy) is 1. The summed E-state index contributed by atoms with van der Waals surface area (Å²) in [6, 6.07) is 57.9. The zero-order valence-corrected chi connectivity index (χ0v) is 43.7. The van der Waals surface area contributed by atoms with Gasteiger partial charge < -0.3 is 19.1 Å². The Morgan fingerprint density at radius 3 is 1.85 bits per heavy atom. The first-order chi connectivity index (χ1) is 31.7. The molecule has 0 aliphatic carbocycles. The van der Waals surface area contributed by atoms with Crippen LogP contribution in [0.1, 0.15) is 105 Å². The topological polar surface area (TPSA) is 33.5 Å². The van der Waals surface area contributed by atoms with Crippen molar-refractivity contribution in [3.63, 3.8) is 0 Å². The first kappa shape index (κ1) is 46.9. The predicted octanol–water partition coefficient (Wildman–Crippen LogP) is 17.0. The molecule has 0 bridgehead atoms. The van der Waals surface area contributed by atoms with Gasteiger partial charge in [-0.25, -0.2) is 4.98 Å². The molecule has 348 valence electrons. The Morgan fingerprint density at radius 1 is 0.500 bits per heavy atom. The van der Waals surface area contributed by atoms with Crippen LogP contribution < -0.4 is 14.5 Å². The third-order valence-corrected chi connectivity index (χ3v) is 13.3. The summed E-state index contributed by atoms with van der Waals surface area (Å²) in [5.41, 5.74) is 13.5. The molecule has 9 aromatic rings. The minimum Gasteiger partial charge on any atom is -0.509 e. The van der Waals surface area contributed by atoms with Crippen LogP contribution in [-0.4, -0.2) is 9.55 Å². The molecule has 0 N–H and O–H groups in total. The SMILES string of the molecule is CC(C)(C)c1cc(N2[CH-]N(c3[c-]c(Oc4[c-]c5c(cc4)c4cc(C(C)(C)C)ccc4n5-c4cc(C(C)(C)C)ccn4)ccc3)c3cccc(-c4cccc5ccccc45)c32)cc(C(C)(C)C)c1.[Pt]. The molecule has 0 saturated heterocycles. The van der Waals surface area contributed by atoms with E-state index in [1.54, 1.807) is 0 Å². The number of pyridine rings is 1. The first-order valence-electron chi connectivity index (χ1n) is 23.6. The fourth-order valence-corrected chi connectivity index (χ4v) is 9.35. The Labute approximate surface area is 418 Å². The van der Waals surface area contributed by atoms with Crippen molar-refractivity contribution in [2.45, 2.75) is 105 Å². The molecule has 0 spiro atoms. The summed E-state index contributed by atoms with van der Waals surface area (Å²) in [5.74, 6) is 2.06. The van der Waals surface area contributed by atoms with Gasteiger partial charge in [0.15, 0.2) is 0 Å². The normalized spacial score (nSPS) is 13.4. The van der Waals surface area contributed by atoms with Crippen molar-refractivity contribution in [3.05, 3.63) is 187 Å². The molecule has 1 aliphatic rings. The van der Waals surface area contributed by atoms with Gasteiger partial charge in [0.05, 0.1) is 0 Å². The largest absolute Gasteiger partial charge is 0.509 e. The predicted molar refractivity (Wildman–Crippen MR) is 282 cm³/mol. The number of nitrogens with zero attached hydrogens (tertiary/aromatic N) is 4. The van der Waals surface area contributed by atoms with E-state index in [4.69, 9.17) is 9.72 Å². The van der Waals surface area contributed by atoms with Gasteiger partial charge in [0.1, 0.15) is 5.82 Å². The second-order valence-electron chi connectivity index (χ2n) is 22.4. The summed E-state index contributed by atoms with van der Waals surface area (Å²) in [6.45, 7) is 29.5. The smallest absolute Gasteiger partial charge is 0.135 e. The molecule has 10 rings (SSSR count). The van der Waals surface area contributed by atoms with Gasteiger partial charge in [-0.05, 0) is 102 Å². The molecule has 6 heteroatoms. The molecule has 3 heterocycles. The van der Waals surface area contributed by atoms with Crippen molar-refractivity contribution < 1.29 is 25.8 Å². The number of rotatable bonds is 6. The zero-order chi connectivity index (χ0) is 47.2. The number of benzene rings is 7. The van der Waals surface area contributed by atoms with Crippen LogP contribution in [0.3, 0.4) is 0 Å². The number of hydrogen-bond acceptors (Lipinski definition) is 4. The van der Waals surface area contributed by atoms with Crippen molar-refractivity contribution >= 4 is 55.3 Å². The monoisotopic (exact) mass is 1070 g/mol. The third kappa shape index (κ3) is 8.64. The van der Waals surface area contributed by atoms with E-state index in [9.17, 15) is 0 Å². The van der Waals surface area contributed by atoms with Gasteiger partial charge in [0, 0.05) is 66.9 Å². The van der Waals surface area contributed by atoms with Crippen LogP contribution in [0.15, 0.2) is 146 Å². The molecule has 0 radical (unpaired) electrons. The molecular formula is C62H61N4OPt-3. The van der Waals surface area contributed by atoms with E-state index in [0.717, 1.165) is 50.6 Å². The number of fused-ring (bicyclic) bond motifs is 5. The molecule has 0 fully saturated rings. The van der Waals surface area contributed by atoms with E-state index in [-0.39, 0.29) is 42.7 Å². The summed E-state index contributed by atoms with van der Waals surface area (Å²) in [6.07, 6.45) is 1.92. The van der Waals surface area contributed by atoms with Crippen molar-refractivity contribution in [3.8, 4) is 28.4 Å². The average Bonchev–Trinajstić information content (AvgIpc) is 3.84. The maximum Gasteiger partial charge on any atom is 0.135 e. The standard InChI is InChI=1S/C62H61N4O.Pt/c1-59(2,3)41-26-29-54-53(35-41)51-28-27-48(38-56(51)66(54)57-36-42(30-31-63-57)60(4,5)6)67-47-21-16-20-45(37-47)64-39-65(46-33-43(61(7,8)9)32-44(34-46)62(10,11)12)58-52(24-17-25-55(58)64)50-23-15-19-40-18-13-14-22-49(40)50;/h13-36,39H,1-12H3;/q-3;. The van der Waals surface area contributed by atoms with Gasteiger partial charge in [-0.2, -0.15) is 12.1 Å². The second kappa shape index (κ2) is 17.1. The number of anilines is 4. The Kier molecular flexibility index (Phi) is 11.8. The molecule has 7 aromatic carbocycles. The summed E-state index contributed by atoms with van der Waals surface area (Å²) < 4.78 is 9.01. The summed E-state index contributed by atoms with van der Waals surface area (Å²) in [5, 5.41) is 4.70. The summed E-state index contributed by atoms with van der Waals surface area (Å²) in [4.78, 5) is 9.57. The van der Waals surface area contributed by atoms with Crippen LogP contribution in [0.25, 0.3) is 49.5 Å². The fourth-order valence-electron chi connectivity index (χ4n) is 9.35. The molecule has 68 heavy (non-hydrogen) atoms. The number of para-hydroxylation sites is 1. The van der Waals surface area contributed by atoms with E-state index in [2.05, 4.69) is 244 Å². The average molecular weight is 1070 g/mol. The molecular weight excluding hydrogens is 1010 g/mol. The Morgan fingerprint density at radius 2 is 1.13 bits per heavy atom. The molecule has 0 amide bonds. The van der Waals surface area contributed by atoms with Crippen LogP contribution in [0.4, 0.5) is 22.7 Å². The van der Waals surface area contributed by atoms with E-state index in [0.29, 0.717) is 11.5 Å². The molecule has 5 nitrogen and oxygen atoms in total. The number of hydrogen-bond donors (Lipinski definition) is 0. The van der Waals surface area contributed by atoms with Crippen LogP contribution in [0.2, 0.25) is 0 Å². The van der Waals surface area contributed by atoms with Gasteiger partial charge in [-0.1, -0.05) is 161 Å². The minimum atomic E-state index is -0.0520. The molecule has 0 unspecified atom stereocenters. The van der Waals surface area contributed by atoms with Crippen LogP contribution >= 0.6 is 0 Å². The first-order valence-corrected chi connectivity index (χ1v) is 23.6. The van der Waals surface area contributed by atoms with Gasteiger partial charge >= 0.3 is 0 Å². The van der Waals surface area contributed by atoms with Gasteiger partial charge in [-0.3, -0.25) is 0 Å². The molecule has 1 aliphatic heterocycles. The van der Waals surface area contributed by atoms with Gasteiger partial charge in [-0.15, -0.1) is 48.1 Å². The summed E-state index contributed by atoms with van der Waals surface area (Å²) in [7, 11) is 0. The number of aromatic nitrogens is 2. The molecule has 0 saturated carbocycles. The van der Waals surface area contributed by atoms with Gasteiger partial charge in [0.2, 0.25) is 0 Å². The van der Waals surface area contributed by atoms with Crippen molar-refractivity contribution in [2.24, 2.45) is 0 Å². The second-order valence-corrected chi connectivity index (χ2v) is 22.4. The van der Waals surface area contributed by atoms with Crippen molar-refractivity contribution in [1.29, 1.82) is 0 Å². The van der Waals surface area contributed by atoms with E-state index < -0.39 is 0 Å². The zero-order valence-electron chi connectivity index (χ0n) is 41.4. The van der Waals surface area contributed by atoms with Crippen LogP contribution in [0.5, 0.6) is 11.5 Å².